The predicted molar refractivity (Wildman–Crippen MR) is 70.1 cm³/mol. The molecule has 1 heterocycles. The zero-order valence-corrected chi connectivity index (χ0v) is 11.5. The molecule has 6 nitrogen and oxygen atoms in total. The van der Waals surface area contributed by atoms with Gasteiger partial charge in [0.25, 0.3) is 5.69 Å². The van der Waals surface area contributed by atoms with Crippen LogP contribution in [0.2, 0.25) is 0 Å². The van der Waals surface area contributed by atoms with E-state index in [1.807, 2.05) is 13.8 Å². The maximum absolute atomic E-state index is 11.1. The molecule has 0 aliphatic rings. The molecule has 94 valence electrons. The Morgan fingerprint density at radius 2 is 2.06 bits per heavy atom. The van der Waals surface area contributed by atoms with Crippen molar-refractivity contribution in [3.05, 3.63) is 45.3 Å². The zero-order valence-electron chi connectivity index (χ0n) is 9.92. The first-order valence-corrected chi connectivity index (χ1v) is 6.38. The van der Waals surface area contributed by atoms with E-state index in [2.05, 4.69) is 26.2 Å². The van der Waals surface area contributed by atoms with Crippen LogP contribution in [0.4, 0.5) is 5.69 Å². The summed E-state index contributed by atoms with van der Waals surface area (Å²) in [7, 11) is 0. The molecular weight excluding hydrogens is 300 g/mol. The zero-order chi connectivity index (χ0) is 13.3. The van der Waals surface area contributed by atoms with E-state index in [0.717, 1.165) is 16.8 Å². The van der Waals surface area contributed by atoms with Crippen molar-refractivity contribution in [1.29, 1.82) is 0 Å². The number of nitrogens with zero attached hydrogens (tertiary/aromatic N) is 4. The third kappa shape index (κ3) is 2.26. The van der Waals surface area contributed by atoms with Crippen LogP contribution in [-0.2, 0) is 5.33 Å². The van der Waals surface area contributed by atoms with Gasteiger partial charge in [-0.05, 0) is 31.0 Å². The minimum atomic E-state index is -0.405. The number of nitro groups is 1. The van der Waals surface area contributed by atoms with Gasteiger partial charge in [0.05, 0.1) is 16.8 Å². The van der Waals surface area contributed by atoms with Crippen molar-refractivity contribution >= 4 is 21.6 Å². The number of hydrogen-bond donors (Lipinski definition) is 0. The summed E-state index contributed by atoms with van der Waals surface area (Å²) in [5.74, 6) is 0. The van der Waals surface area contributed by atoms with Gasteiger partial charge >= 0.3 is 0 Å². The fourth-order valence-electron chi connectivity index (χ4n) is 1.59. The third-order valence-corrected chi connectivity index (χ3v) is 3.29. The summed E-state index contributed by atoms with van der Waals surface area (Å²) < 4.78 is 1.43. The smallest absolute Gasteiger partial charge is 0.258 e. The van der Waals surface area contributed by atoms with E-state index in [1.54, 1.807) is 18.3 Å². The van der Waals surface area contributed by atoms with Crippen molar-refractivity contribution in [3.63, 3.8) is 0 Å². The molecule has 0 spiro atoms. The molecule has 0 aliphatic heterocycles. The van der Waals surface area contributed by atoms with Gasteiger partial charge in [0.15, 0.2) is 0 Å². The van der Waals surface area contributed by atoms with E-state index in [1.165, 1.54) is 4.68 Å². The lowest BCUT2D eigenvalue weighted by Crippen LogP contribution is -2.02. The average Bonchev–Trinajstić information content (AvgIpc) is 2.80. The lowest BCUT2D eigenvalue weighted by molar-refractivity contribution is -0.384. The maximum Gasteiger partial charge on any atom is 0.295 e. The first kappa shape index (κ1) is 12.7. The normalized spacial score (nSPS) is 10.6. The molecule has 0 unspecified atom stereocenters. The van der Waals surface area contributed by atoms with Crippen molar-refractivity contribution in [2.24, 2.45) is 0 Å². The Labute approximate surface area is 112 Å². The van der Waals surface area contributed by atoms with Gasteiger partial charge in [0, 0.05) is 11.4 Å². The molecule has 0 fully saturated rings. The van der Waals surface area contributed by atoms with Gasteiger partial charge in [-0.1, -0.05) is 21.1 Å². The van der Waals surface area contributed by atoms with Crippen molar-refractivity contribution in [1.82, 2.24) is 15.0 Å². The highest BCUT2D eigenvalue weighted by Gasteiger charge is 2.18. The summed E-state index contributed by atoms with van der Waals surface area (Å²) >= 11 is 3.27. The highest BCUT2D eigenvalue weighted by molar-refractivity contribution is 9.08. The van der Waals surface area contributed by atoms with Crippen LogP contribution in [0.15, 0.2) is 18.3 Å². The molecule has 0 saturated heterocycles. The van der Waals surface area contributed by atoms with Crippen LogP contribution in [0.3, 0.4) is 0 Å². The van der Waals surface area contributed by atoms with Crippen molar-refractivity contribution in [2.45, 2.75) is 19.2 Å². The van der Waals surface area contributed by atoms with Crippen LogP contribution in [0.5, 0.6) is 0 Å². The molecule has 0 saturated carbocycles. The molecule has 1 aromatic heterocycles. The molecule has 0 aliphatic carbocycles. The van der Waals surface area contributed by atoms with E-state index >= 15 is 0 Å². The standard InChI is InChI=1S/C11H11BrN4O2/c1-7-3-10(11(16(17)18)4-8(7)2)15-6-9(5-12)13-14-15/h3-4,6H,5H2,1-2H3. The number of rotatable bonds is 3. The van der Waals surface area contributed by atoms with Crippen LogP contribution in [-0.4, -0.2) is 19.9 Å². The highest BCUT2D eigenvalue weighted by atomic mass is 79.9. The number of aryl methyl sites for hydroxylation is 2. The molecule has 0 amide bonds. The van der Waals surface area contributed by atoms with Crippen LogP contribution >= 0.6 is 15.9 Å². The molecule has 0 N–H and O–H groups in total. The number of benzene rings is 1. The van der Waals surface area contributed by atoms with Gasteiger partial charge in [0.1, 0.15) is 5.69 Å². The molecule has 2 rings (SSSR count). The Kier molecular flexibility index (Phi) is 3.42. The molecule has 0 radical (unpaired) electrons. The molecule has 18 heavy (non-hydrogen) atoms. The lowest BCUT2D eigenvalue weighted by Gasteiger charge is -2.06. The predicted octanol–water partition coefficient (Wildman–Crippen LogP) is 2.69. The number of halogens is 1. The third-order valence-electron chi connectivity index (χ3n) is 2.71. The maximum atomic E-state index is 11.1. The Bertz CT molecular complexity index is 609. The lowest BCUT2D eigenvalue weighted by atomic mass is 10.1. The van der Waals surface area contributed by atoms with Gasteiger partial charge in [0.2, 0.25) is 0 Å². The minimum Gasteiger partial charge on any atom is -0.258 e. The van der Waals surface area contributed by atoms with E-state index in [-0.39, 0.29) is 5.69 Å². The van der Waals surface area contributed by atoms with Gasteiger partial charge in [-0.3, -0.25) is 10.1 Å². The summed E-state index contributed by atoms with van der Waals surface area (Å²) in [5, 5.41) is 19.4. The molecular formula is C11H11BrN4O2. The van der Waals surface area contributed by atoms with Gasteiger partial charge in [-0.25, -0.2) is 4.68 Å². The molecule has 0 atom stereocenters. The second-order valence-corrected chi connectivity index (χ2v) is 4.53. The summed E-state index contributed by atoms with van der Waals surface area (Å²) in [4.78, 5) is 10.7. The number of aromatic nitrogens is 3. The summed E-state index contributed by atoms with van der Waals surface area (Å²) in [6.45, 7) is 3.75. The average molecular weight is 311 g/mol. The van der Waals surface area contributed by atoms with Crippen molar-refractivity contribution in [2.75, 3.05) is 0 Å². The fraction of sp³-hybridized carbons (Fsp3) is 0.273. The van der Waals surface area contributed by atoms with Crippen LogP contribution < -0.4 is 0 Å². The molecule has 7 heteroatoms. The second-order valence-electron chi connectivity index (χ2n) is 3.97. The van der Waals surface area contributed by atoms with E-state index in [4.69, 9.17) is 0 Å². The SMILES string of the molecule is Cc1cc(-n2cc(CBr)nn2)c([N+](=O)[O-])cc1C. The first-order chi connectivity index (χ1) is 8.52. The van der Waals surface area contributed by atoms with Gasteiger partial charge < -0.3 is 0 Å². The minimum absolute atomic E-state index is 0.0316. The monoisotopic (exact) mass is 310 g/mol. The largest absolute Gasteiger partial charge is 0.295 e. The fourth-order valence-corrected chi connectivity index (χ4v) is 1.85. The van der Waals surface area contributed by atoms with Crippen LogP contribution in [0.1, 0.15) is 16.8 Å². The Morgan fingerprint density at radius 1 is 1.39 bits per heavy atom. The first-order valence-electron chi connectivity index (χ1n) is 5.26. The summed E-state index contributed by atoms with van der Waals surface area (Å²) in [5.41, 5.74) is 3.05. The van der Waals surface area contributed by atoms with E-state index < -0.39 is 4.92 Å². The molecule has 0 bridgehead atoms. The number of alkyl halides is 1. The summed E-state index contributed by atoms with van der Waals surface area (Å²) in [6, 6.07) is 3.31. The second kappa shape index (κ2) is 4.85. The van der Waals surface area contributed by atoms with Crippen LogP contribution in [0.25, 0.3) is 5.69 Å². The summed E-state index contributed by atoms with van der Waals surface area (Å²) in [6.07, 6.45) is 1.67. The quantitative estimate of drug-likeness (QED) is 0.496. The Hall–Kier alpha value is -1.76. The van der Waals surface area contributed by atoms with Gasteiger partial charge in [-0.15, -0.1) is 5.10 Å². The number of nitro benzene ring substituents is 1. The Balaban J connectivity index is 2.61. The Morgan fingerprint density at radius 3 is 2.61 bits per heavy atom. The van der Waals surface area contributed by atoms with E-state index in [0.29, 0.717) is 11.0 Å². The van der Waals surface area contributed by atoms with Crippen molar-refractivity contribution in [3.8, 4) is 5.69 Å². The molecule has 2 aromatic rings. The topological polar surface area (TPSA) is 73.8 Å². The van der Waals surface area contributed by atoms with E-state index in [9.17, 15) is 10.1 Å². The van der Waals surface area contributed by atoms with Crippen molar-refractivity contribution < 1.29 is 4.92 Å². The highest BCUT2D eigenvalue weighted by Crippen LogP contribution is 2.26. The van der Waals surface area contributed by atoms with Gasteiger partial charge in [-0.2, -0.15) is 0 Å². The van der Waals surface area contributed by atoms with Crippen LogP contribution in [0, 0.1) is 24.0 Å². The molecule has 1 aromatic carbocycles. The number of hydrogen-bond acceptors (Lipinski definition) is 4.